The fourth-order valence-corrected chi connectivity index (χ4v) is 3.59. The van der Waals surface area contributed by atoms with Crippen LogP contribution in [0.1, 0.15) is 35.7 Å². The molecule has 124 valence electrons. The lowest BCUT2D eigenvalue weighted by atomic mass is 10.0. The first-order valence-electron chi connectivity index (χ1n) is 7.45. The first-order valence-corrected chi connectivity index (χ1v) is 9.12. The second-order valence-corrected chi connectivity index (χ2v) is 7.29. The van der Waals surface area contributed by atoms with Crippen LogP contribution in [0.5, 0.6) is 0 Å². The molecule has 2 heterocycles. The highest BCUT2D eigenvalue weighted by atomic mass is 79.9. The number of benzene rings is 1. The van der Waals surface area contributed by atoms with Crippen molar-refractivity contribution in [3.05, 3.63) is 56.7 Å². The smallest absolute Gasteiger partial charge is 0.303 e. The average Bonchev–Trinajstić information content (AvgIpc) is 3.22. The molecular weight excluding hydrogens is 392 g/mol. The van der Waals surface area contributed by atoms with Gasteiger partial charge in [-0.3, -0.25) is 9.59 Å². The van der Waals surface area contributed by atoms with Crippen LogP contribution >= 0.6 is 27.3 Å². The highest BCUT2D eigenvalue weighted by Crippen LogP contribution is 2.34. The summed E-state index contributed by atoms with van der Waals surface area (Å²) in [4.78, 5) is 24.2. The molecule has 0 bridgehead atoms. The number of rotatable bonds is 5. The van der Waals surface area contributed by atoms with Crippen LogP contribution in [-0.2, 0) is 9.59 Å². The highest BCUT2D eigenvalue weighted by Gasteiger charge is 2.33. The minimum atomic E-state index is -0.981. The van der Waals surface area contributed by atoms with E-state index in [4.69, 9.17) is 5.11 Å². The van der Waals surface area contributed by atoms with Gasteiger partial charge in [-0.15, -0.1) is 11.3 Å². The van der Waals surface area contributed by atoms with Gasteiger partial charge in [-0.1, -0.05) is 34.1 Å². The molecule has 0 fully saturated rings. The number of hydrogen-bond acceptors (Lipinski definition) is 4. The van der Waals surface area contributed by atoms with Crippen LogP contribution in [0.15, 0.2) is 51.4 Å². The summed E-state index contributed by atoms with van der Waals surface area (Å²) in [5.41, 5.74) is 1.85. The number of hydrazone groups is 1. The van der Waals surface area contributed by atoms with Crippen molar-refractivity contribution in [1.82, 2.24) is 5.01 Å². The molecule has 0 aliphatic carbocycles. The topological polar surface area (TPSA) is 70.0 Å². The summed E-state index contributed by atoms with van der Waals surface area (Å²) in [6, 6.07) is 11.5. The highest BCUT2D eigenvalue weighted by molar-refractivity contribution is 9.10. The average molecular weight is 407 g/mol. The third kappa shape index (κ3) is 3.73. The second kappa shape index (κ2) is 7.27. The maximum Gasteiger partial charge on any atom is 0.303 e. The van der Waals surface area contributed by atoms with Crippen LogP contribution < -0.4 is 0 Å². The Morgan fingerprint density at radius 3 is 2.62 bits per heavy atom. The Labute approximate surface area is 151 Å². The molecule has 2 aromatic rings. The van der Waals surface area contributed by atoms with Gasteiger partial charge in [-0.2, -0.15) is 5.10 Å². The number of carboxylic acid groups (broad SMARTS) is 1. The Bertz CT molecular complexity index is 772. The summed E-state index contributed by atoms with van der Waals surface area (Å²) < 4.78 is 0.965. The van der Waals surface area contributed by atoms with Crippen molar-refractivity contribution in [3.63, 3.8) is 0 Å². The fraction of sp³-hybridized carbons (Fsp3) is 0.235. The zero-order chi connectivity index (χ0) is 17.1. The third-order valence-electron chi connectivity index (χ3n) is 3.78. The molecular formula is C17H15BrN2O3S. The van der Waals surface area contributed by atoms with E-state index in [0.717, 1.165) is 20.6 Å². The number of carbonyl (C=O) groups is 2. The van der Waals surface area contributed by atoms with Crippen LogP contribution in [0, 0.1) is 0 Å². The van der Waals surface area contributed by atoms with Gasteiger partial charge >= 0.3 is 5.97 Å². The van der Waals surface area contributed by atoms with E-state index in [-0.39, 0.29) is 24.8 Å². The number of carbonyl (C=O) groups excluding carboxylic acids is 1. The van der Waals surface area contributed by atoms with E-state index in [1.165, 1.54) is 5.01 Å². The molecule has 1 atom stereocenters. The molecule has 0 spiro atoms. The normalized spacial score (nSPS) is 17.0. The molecule has 1 amide bonds. The van der Waals surface area contributed by atoms with Crippen LogP contribution in [-0.4, -0.2) is 27.7 Å². The molecule has 1 N–H and O–H groups in total. The summed E-state index contributed by atoms with van der Waals surface area (Å²) in [5, 5.41) is 16.7. The predicted octanol–water partition coefficient (Wildman–Crippen LogP) is 4.05. The summed E-state index contributed by atoms with van der Waals surface area (Å²) in [5.74, 6) is -1.25. The number of aliphatic carboxylic acids is 1. The van der Waals surface area contributed by atoms with E-state index in [1.807, 2.05) is 41.8 Å². The quantitative estimate of drug-likeness (QED) is 0.813. The van der Waals surface area contributed by atoms with Crippen molar-refractivity contribution in [2.24, 2.45) is 5.10 Å². The molecule has 1 aromatic heterocycles. The second-order valence-electron chi connectivity index (χ2n) is 5.43. The van der Waals surface area contributed by atoms with E-state index in [0.29, 0.717) is 6.42 Å². The Morgan fingerprint density at radius 1 is 1.25 bits per heavy atom. The van der Waals surface area contributed by atoms with E-state index in [2.05, 4.69) is 21.0 Å². The van der Waals surface area contributed by atoms with Gasteiger partial charge in [0.15, 0.2) is 0 Å². The van der Waals surface area contributed by atoms with Crippen molar-refractivity contribution in [2.45, 2.75) is 25.3 Å². The maximum absolute atomic E-state index is 12.5. The van der Waals surface area contributed by atoms with Gasteiger partial charge in [0.25, 0.3) is 0 Å². The first kappa shape index (κ1) is 16.9. The zero-order valence-electron chi connectivity index (χ0n) is 12.7. The molecule has 1 aliphatic heterocycles. The van der Waals surface area contributed by atoms with Crippen molar-refractivity contribution >= 4 is 44.9 Å². The Balaban J connectivity index is 1.87. The predicted molar refractivity (Wildman–Crippen MR) is 96.1 cm³/mol. The van der Waals surface area contributed by atoms with Crippen molar-refractivity contribution in [1.29, 1.82) is 0 Å². The Morgan fingerprint density at radius 2 is 2.00 bits per heavy atom. The molecule has 7 heteroatoms. The number of carboxylic acids is 1. The number of hydrogen-bond donors (Lipinski definition) is 1. The molecule has 1 aliphatic rings. The minimum Gasteiger partial charge on any atom is -0.481 e. The molecule has 0 saturated heterocycles. The minimum absolute atomic E-state index is 0.0520. The lowest BCUT2D eigenvalue weighted by Gasteiger charge is -2.22. The van der Waals surface area contributed by atoms with Crippen LogP contribution in [0.2, 0.25) is 0 Å². The summed E-state index contributed by atoms with van der Waals surface area (Å²) >= 11 is 4.99. The van der Waals surface area contributed by atoms with Gasteiger partial charge in [0.1, 0.15) is 0 Å². The standard InChI is InChI=1S/C17H15BrN2O3S/c18-12-5-3-11(4-6-12)14-10-13(15-2-1-9-24-15)19-20(14)16(21)7-8-17(22)23/h1-6,9,14H,7-8,10H2,(H,22,23)/t14-/m0/s1. The molecule has 0 unspecified atom stereocenters. The molecule has 0 saturated carbocycles. The SMILES string of the molecule is O=C(O)CCC(=O)N1N=C(c2cccs2)C[C@H]1c1ccc(Br)cc1. The molecule has 5 nitrogen and oxygen atoms in total. The summed E-state index contributed by atoms with van der Waals surface area (Å²) in [7, 11) is 0. The summed E-state index contributed by atoms with van der Waals surface area (Å²) in [6.07, 6.45) is 0.386. The lowest BCUT2D eigenvalue weighted by molar-refractivity contribution is -0.141. The van der Waals surface area contributed by atoms with E-state index in [9.17, 15) is 9.59 Å². The van der Waals surface area contributed by atoms with Crippen molar-refractivity contribution < 1.29 is 14.7 Å². The van der Waals surface area contributed by atoms with Gasteiger partial charge in [0.05, 0.1) is 23.1 Å². The largest absolute Gasteiger partial charge is 0.481 e. The van der Waals surface area contributed by atoms with Gasteiger partial charge < -0.3 is 5.11 Å². The van der Waals surface area contributed by atoms with Crippen molar-refractivity contribution in [2.75, 3.05) is 0 Å². The van der Waals surface area contributed by atoms with E-state index >= 15 is 0 Å². The van der Waals surface area contributed by atoms with Gasteiger partial charge in [0, 0.05) is 17.3 Å². The first-order chi connectivity index (χ1) is 11.5. The number of nitrogens with zero attached hydrogens (tertiary/aromatic N) is 2. The Hall–Kier alpha value is -1.99. The lowest BCUT2D eigenvalue weighted by Crippen LogP contribution is -2.27. The summed E-state index contributed by atoms with van der Waals surface area (Å²) in [6.45, 7) is 0. The zero-order valence-corrected chi connectivity index (χ0v) is 15.1. The third-order valence-corrected chi connectivity index (χ3v) is 5.23. The maximum atomic E-state index is 12.5. The Kier molecular flexibility index (Phi) is 5.11. The molecule has 24 heavy (non-hydrogen) atoms. The number of amides is 1. The van der Waals surface area contributed by atoms with E-state index < -0.39 is 5.97 Å². The molecule has 0 radical (unpaired) electrons. The van der Waals surface area contributed by atoms with Gasteiger partial charge in [-0.05, 0) is 29.1 Å². The molecule has 3 rings (SSSR count). The number of halogens is 1. The van der Waals surface area contributed by atoms with Crippen molar-refractivity contribution in [3.8, 4) is 0 Å². The van der Waals surface area contributed by atoms with Gasteiger partial charge in [0.2, 0.25) is 5.91 Å². The van der Waals surface area contributed by atoms with E-state index in [1.54, 1.807) is 11.3 Å². The van der Waals surface area contributed by atoms with Gasteiger partial charge in [-0.25, -0.2) is 5.01 Å². The fourth-order valence-electron chi connectivity index (χ4n) is 2.60. The monoisotopic (exact) mass is 406 g/mol. The van der Waals surface area contributed by atoms with Crippen LogP contribution in [0.3, 0.4) is 0 Å². The van der Waals surface area contributed by atoms with Crippen LogP contribution in [0.4, 0.5) is 0 Å². The van der Waals surface area contributed by atoms with Crippen LogP contribution in [0.25, 0.3) is 0 Å². The number of thiophene rings is 1. The molecule has 1 aromatic carbocycles.